The Morgan fingerprint density at radius 1 is 1.24 bits per heavy atom. The van der Waals surface area contributed by atoms with E-state index in [-0.39, 0.29) is 17.3 Å². The molecule has 2 rings (SSSR count). The van der Waals surface area contributed by atoms with Crippen LogP contribution in [0.2, 0.25) is 0 Å². The van der Waals surface area contributed by atoms with Crippen molar-refractivity contribution in [3.05, 3.63) is 40.3 Å². The van der Waals surface area contributed by atoms with Crippen LogP contribution in [0.1, 0.15) is 18.9 Å². The van der Waals surface area contributed by atoms with Crippen molar-refractivity contribution in [3.8, 4) is 0 Å². The van der Waals surface area contributed by atoms with Crippen LogP contribution in [-0.4, -0.2) is 26.4 Å². The summed E-state index contributed by atoms with van der Waals surface area (Å²) >= 11 is 0. The van der Waals surface area contributed by atoms with Crippen molar-refractivity contribution < 1.29 is 4.92 Å². The van der Waals surface area contributed by atoms with Crippen LogP contribution in [0, 0.1) is 17.0 Å². The molecule has 0 saturated carbocycles. The lowest BCUT2D eigenvalue weighted by molar-refractivity contribution is -0.383. The van der Waals surface area contributed by atoms with Crippen LogP contribution in [0.25, 0.3) is 0 Å². The predicted octanol–water partition coefficient (Wildman–Crippen LogP) is 2.65. The summed E-state index contributed by atoms with van der Waals surface area (Å²) in [5.41, 5.74) is 0.685. The van der Waals surface area contributed by atoms with E-state index in [1.54, 1.807) is 12.3 Å². The number of nitro groups is 1. The van der Waals surface area contributed by atoms with Gasteiger partial charge in [0.15, 0.2) is 0 Å². The molecule has 2 N–H and O–H groups in total. The summed E-state index contributed by atoms with van der Waals surface area (Å²) in [6, 6.07) is 3.65. The maximum absolute atomic E-state index is 11.3. The largest absolute Gasteiger partial charge is 0.364 e. The Morgan fingerprint density at radius 2 is 2.00 bits per heavy atom. The molecule has 0 amide bonds. The minimum Gasteiger partial charge on any atom is -0.364 e. The normalized spacial score (nSPS) is 10.2. The van der Waals surface area contributed by atoms with Gasteiger partial charge in [0.25, 0.3) is 0 Å². The summed E-state index contributed by atoms with van der Waals surface area (Å²) in [6.45, 7) is 4.43. The van der Waals surface area contributed by atoms with E-state index in [1.807, 2.05) is 19.9 Å². The second-order valence-electron chi connectivity index (χ2n) is 4.40. The Balaban J connectivity index is 2.39. The number of rotatable bonds is 6. The van der Waals surface area contributed by atoms with Crippen LogP contribution in [0.15, 0.2) is 24.7 Å². The molecule has 0 bridgehead atoms. The molecule has 0 saturated heterocycles. The SMILES string of the molecule is CCCNc1ncnc(Nc2ncccc2C)c1[N+](=O)[O-]. The summed E-state index contributed by atoms with van der Waals surface area (Å²) < 4.78 is 0. The van der Waals surface area contributed by atoms with Crippen molar-refractivity contribution >= 4 is 23.1 Å². The van der Waals surface area contributed by atoms with Gasteiger partial charge in [0, 0.05) is 12.7 Å². The van der Waals surface area contributed by atoms with Gasteiger partial charge in [-0.25, -0.2) is 15.0 Å². The molecule has 21 heavy (non-hydrogen) atoms. The minimum absolute atomic E-state index is 0.121. The Labute approximate surface area is 121 Å². The first kappa shape index (κ1) is 14.6. The second-order valence-corrected chi connectivity index (χ2v) is 4.40. The Bertz CT molecular complexity index is 646. The maximum Gasteiger partial charge on any atom is 0.353 e. The summed E-state index contributed by atoms with van der Waals surface area (Å²) in [7, 11) is 0. The van der Waals surface area contributed by atoms with Gasteiger partial charge in [-0.1, -0.05) is 13.0 Å². The molecule has 2 aromatic heterocycles. The molecule has 0 unspecified atom stereocenters. The van der Waals surface area contributed by atoms with Crippen molar-refractivity contribution in [2.45, 2.75) is 20.3 Å². The fraction of sp³-hybridized carbons (Fsp3) is 0.308. The molecule has 0 atom stereocenters. The van der Waals surface area contributed by atoms with E-state index >= 15 is 0 Å². The predicted molar refractivity (Wildman–Crippen MR) is 79.7 cm³/mol. The molecule has 0 spiro atoms. The Kier molecular flexibility index (Phi) is 4.60. The van der Waals surface area contributed by atoms with Crippen LogP contribution in [-0.2, 0) is 0 Å². The lowest BCUT2D eigenvalue weighted by Gasteiger charge is -2.10. The number of aryl methyl sites for hydroxylation is 1. The first-order valence-corrected chi connectivity index (χ1v) is 6.55. The maximum atomic E-state index is 11.3. The topological polar surface area (TPSA) is 106 Å². The minimum atomic E-state index is -0.501. The Morgan fingerprint density at radius 3 is 2.67 bits per heavy atom. The number of anilines is 3. The van der Waals surface area contributed by atoms with E-state index in [4.69, 9.17) is 0 Å². The fourth-order valence-corrected chi connectivity index (χ4v) is 1.74. The van der Waals surface area contributed by atoms with Crippen LogP contribution < -0.4 is 10.6 Å². The molecule has 2 aromatic rings. The average Bonchev–Trinajstić information content (AvgIpc) is 2.47. The highest BCUT2D eigenvalue weighted by molar-refractivity contribution is 5.73. The number of aromatic nitrogens is 3. The monoisotopic (exact) mass is 288 g/mol. The highest BCUT2D eigenvalue weighted by Gasteiger charge is 2.23. The van der Waals surface area contributed by atoms with Crippen molar-refractivity contribution in [2.75, 3.05) is 17.2 Å². The van der Waals surface area contributed by atoms with E-state index in [0.717, 1.165) is 12.0 Å². The van der Waals surface area contributed by atoms with Crippen molar-refractivity contribution in [3.63, 3.8) is 0 Å². The zero-order valence-corrected chi connectivity index (χ0v) is 11.8. The lowest BCUT2D eigenvalue weighted by Crippen LogP contribution is -2.09. The summed E-state index contributed by atoms with van der Waals surface area (Å²) in [5.74, 6) is 0.851. The van der Waals surface area contributed by atoms with Gasteiger partial charge in [0.05, 0.1) is 4.92 Å². The van der Waals surface area contributed by atoms with Gasteiger partial charge in [-0.05, 0) is 25.0 Å². The first-order valence-electron chi connectivity index (χ1n) is 6.55. The third kappa shape index (κ3) is 3.41. The molecule has 0 aliphatic rings. The number of hydrogen-bond donors (Lipinski definition) is 2. The van der Waals surface area contributed by atoms with Crippen LogP contribution in [0.3, 0.4) is 0 Å². The smallest absolute Gasteiger partial charge is 0.353 e. The van der Waals surface area contributed by atoms with Gasteiger partial charge >= 0.3 is 5.69 Å². The van der Waals surface area contributed by atoms with E-state index in [2.05, 4.69) is 25.6 Å². The number of hydrogen-bond acceptors (Lipinski definition) is 7. The lowest BCUT2D eigenvalue weighted by atomic mass is 10.3. The van der Waals surface area contributed by atoms with Crippen molar-refractivity contribution in [1.82, 2.24) is 15.0 Å². The highest BCUT2D eigenvalue weighted by Crippen LogP contribution is 2.31. The fourth-order valence-electron chi connectivity index (χ4n) is 1.74. The van der Waals surface area contributed by atoms with Crippen LogP contribution >= 0.6 is 0 Å². The molecular weight excluding hydrogens is 272 g/mol. The third-order valence-corrected chi connectivity index (χ3v) is 2.79. The zero-order valence-electron chi connectivity index (χ0n) is 11.8. The van der Waals surface area contributed by atoms with Crippen LogP contribution in [0.4, 0.5) is 23.1 Å². The Hall–Kier alpha value is -2.77. The van der Waals surface area contributed by atoms with Gasteiger partial charge in [-0.15, -0.1) is 0 Å². The van der Waals surface area contributed by atoms with Gasteiger partial charge in [-0.3, -0.25) is 10.1 Å². The van der Waals surface area contributed by atoms with Gasteiger partial charge in [0.1, 0.15) is 12.1 Å². The number of nitrogens with one attached hydrogen (secondary N) is 2. The standard InChI is InChI=1S/C13H16N6O2/c1-3-6-14-12-10(19(20)21)13(17-8-16-12)18-11-9(2)5-4-7-15-11/h4-5,7-8H,3,6H2,1-2H3,(H2,14,15,16,17,18). The van der Waals surface area contributed by atoms with E-state index in [0.29, 0.717) is 12.4 Å². The zero-order chi connectivity index (χ0) is 15.2. The first-order chi connectivity index (χ1) is 10.1. The van der Waals surface area contributed by atoms with Gasteiger partial charge < -0.3 is 10.6 Å². The molecule has 8 heteroatoms. The molecule has 110 valence electrons. The molecule has 0 radical (unpaired) electrons. The molecule has 0 aliphatic carbocycles. The molecule has 0 aliphatic heterocycles. The molecule has 2 heterocycles. The molecule has 0 aromatic carbocycles. The molecule has 0 fully saturated rings. The second kappa shape index (κ2) is 6.60. The van der Waals surface area contributed by atoms with Crippen LogP contribution in [0.5, 0.6) is 0 Å². The summed E-state index contributed by atoms with van der Waals surface area (Å²) in [5, 5.41) is 17.1. The summed E-state index contributed by atoms with van der Waals surface area (Å²) in [4.78, 5) is 22.9. The van der Waals surface area contributed by atoms with E-state index < -0.39 is 4.92 Å². The van der Waals surface area contributed by atoms with E-state index in [9.17, 15) is 10.1 Å². The van der Waals surface area contributed by atoms with Gasteiger partial charge in [-0.2, -0.15) is 0 Å². The summed E-state index contributed by atoms with van der Waals surface area (Å²) in [6.07, 6.45) is 3.73. The third-order valence-electron chi connectivity index (χ3n) is 2.79. The quantitative estimate of drug-likeness (QED) is 0.621. The van der Waals surface area contributed by atoms with Crippen molar-refractivity contribution in [2.24, 2.45) is 0 Å². The van der Waals surface area contributed by atoms with Gasteiger partial charge in [0.2, 0.25) is 11.6 Å². The van der Waals surface area contributed by atoms with Crippen molar-refractivity contribution in [1.29, 1.82) is 0 Å². The number of pyridine rings is 1. The average molecular weight is 288 g/mol. The highest BCUT2D eigenvalue weighted by atomic mass is 16.6. The molecular formula is C13H16N6O2. The molecule has 8 nitrogen and oxygen atoms in total. The number of nitrogens with zero attached hydrogens (tertiary/aromatic N) is 4. The van der Waals surface area contributed by atoms with E-state index in [1.165, 1.54) is 6.33 Å².